The number of hydrogen-bond acceptors (Lipinski definition) is 10. The van der Waals surface area contributed by atoms with Crippen LogP contribution in [0.4, 0.5) is 10.1 Å². The fourth-order valence-corrected chi connectivity index (χ4v) is 7.20. The van der Waals surface area contributed by atoms with Crippen molar-refractivity contribution in [2.75, 3.05) is 17.7 Å². The Morgan fingerprint density at radius 2 is 1.68 bits per heavy atom. The van der Waals surface area contributed by atoms with Crippen molar-refractivity contribution in [3.63, 3.8) is 0 Å². The van der Waals surface area contributed by atoms with Crippen LogP contribution in [0.1, 0.15) is 43.4 Å². The number of carbonyl (C=O) groups is 2. The molecule has 0 spiro atoms. The number of rotatable bonds is 14. The van der Waals surface area contributed by atoms with E-state index in [1.54, 1.807) is 42.5 Å². The number of anilines is 1. The molecule has 2 saturated heterocycles. The number of carbonyl (C=O) groups excluding carboxylic acids is 1. The molecule has 0 saturated carbocycles. The van der Waals surface area contributed by atoms with Crippen molar-refractivity contribution in [1.82, 2.24) is 4.72 Å². The molecule has 15 heteroatoms. The van der Waals surface area contributed by atoms with E-state index in [4.69, 9.17) is 9.47 Å². The summed E-state index contributed by atoms with van der Waals surface area (Å²) in [5, 5.41) is 56.6. The molecular weight excluding hydrogens is 675 g/mol. The number of para-hydroxylation sites is 1. The van der Waals surface area contributed by atoms with Gasteiger partial charge in [0.2, 0.25) is 21.7 Å². The van der Waals surface area contributed by atoms with Gasteiger partial charge >= 0.3 is 5.97 Å². The molecule has 270 valence electrons. The van der Waals surface area contributed by atoms with Crippen LogP contribution >= 0.6 is 0 Å². The van der Waals surface area contributed by atoms with E-state index in [1.807, 2.05) is 0 Å². The Hall–Kier alpha value is -3.96. The zero-order valence-electron chi connectivity index (χ0n) is 27.4. The van der Waals surface area contributed by atoms with Crippen molar-refractivity contribution in [2.45, 2.75) is 74.5 Å². The second-order valence-electron chi connectivity index (χ2n) is 12.9. The number of amides is 1. The van der Waals surface area contributed by atoms with Gasteiger partial charge < -0.3 is 39.9 Å². The van der Waals surface area contributed by atoms with Gasteiger partial charge in [-0.2, -0.15) is 0 Å². The number of benzene rings is 3. The van der Waals surface area contributed by atoms with Crippen LogP contribution in [0.25, 0.3) is 0 Å². The maximum Gasteiger partial charge on any atom is 0.336 e. The Kier molecular flexibility index (Phi) is 11.0. The van der Waals surface area contributed by atoms with Crippen molar-refractivity contribution >= 4 is 27.6 Å². The highest BCUT2D eigenvalue weighted by molar-refractivity contribution is 7.88. The largest absolute Gasteiger partial charge is 0.479 e. The van der Waals surface area contributed by atoms with E-state index in [2.05, 4.69) is 4.72 Å². The number of aliphatic hydroxyl groups excluding tert-OH is 3. The third-order valence-corrected chi connectivity index (χ3v) is 10.0. The van der Waals surface area contributed by atoms with Gasteiger partial charge in [-0.1, -0.05) is 42.5 Å². The zero-order chi connectivity index (χ0) is 36.4. The molecule has 3 aromatic rings. The van der Waals surface area contributed by atoms with E-state index in [9.17, 15) is 47.9 Å². The van der Waals surface area contributed by atoms with Gasteiger partial charge in [0.05, 0.1) is 24.3 Å². The average molecular weight is 717 g/mol. The Morgan fingerprint density at radius 3 is 2.28 bits per heavy atom. The lowest BCUT2D eigenvalue weighted by atomic mass is 9.65. The lowest BCUT2D eigenvalue weighted by molar-refractivity contribution is -0.354. The van der Waals surface area contributed by atoms with E-state index in [0.29, 0.717) is 18.4 Å². The predicted octanol–water partition coefficient (Wildman–Crippen LogP) is 1.88. The highest BCUT2D eigenvalue weighted by Crippen LogP contribution is 2.49. The maximum absolute atomic E-state index is 13.8. The molecule has 2 fully saturated rings. The Morgan fingerprint density at radius 1 is 1.04 bits per heavy atom. The predicted molar refractivity (Wildman–Crippen MR) is 178 cm³/mol. The summed E-state index contributed by atoms with van der Waals surface area (Å²) in [4.78, 5) is 27.8. The van der Waals surface area contributed by atoms with Gasteiger partial charge in [0, 0.05) is 19.2 Å². The number of halogens is 1. The summed E-state index contributed by atoms with van der Waals surface area (Å²) in [5.41, 5.74) is -1.36. The number of nitrogens with zero attached hydrogens (tertiary/aromatic N) is 1. The summed E-state index contributed by atoms with van der Waals surface area (Å²) in [5.74, 6) is -5.84. The fourth-order valence-electron chi connectivity index (χ4n) is 6.69. The number of carboxylic acid groups (broad SMARTS) is 1. The third-order valence-electron chi connectivity index (χ3n) is 9.28. The molecule has 0 radical (unpaired) electrons. The Labute approximate surface area is 288 Å². The maximum atomic E-state index is 13.8. The van der Waals surface area contributed by atoms with Gasteiger partial charge in [-0.3, -0.25) is 4.79 Å². The summed E-state index contributed by atoms with van der Waals surface area (Å²) in [6.45, 7) is 1.45. The second kappa shape index (κ2) is 14.7. The van der Waals surface area contributed by atoms with Gasteiger partial charge in [0.25, 0.3) is 0 Å². The van der Waals surface area contributed by atoms with Gasteiger partial charge in [0.1, 0.15) is 23.8 Å². The van der Waals surface area contributed by atoms with Crippen molar-refractivity contribution in [3.05, 3.63) is 95.8 Å². The minimum atomic E-state index is -3.34. The number of aliphatic carboxylic acids is 1. The van der Waals surface area contributed by atoms with Gasteiger partial charge in [-0.05, 0) is 73.2 Å². The van der Waals surface area contributed by atoms with Crippen LogP contribution in [0.15, 0.2) is 78.9 Å². The first-order chi connectivity index (χ1) is 23.5. The smallest absolute Gasteiger partial charge is 0.336 e. The minimum absolute atomic E-state index is 0.0466. The van der Waals surface area contributed by atoms with Crippen LogP contribution in [-0.2, 0) is 30.8 Å². The minimum Gasteiger partial charge on any atom is -0.479 e. The topological polar surface area (TPSA) is 203 Å². The number of aliphatic hydroxyl groups is 4. The van der Waals surface area contributed by atoms with E-state index < -0.39 is 75.5 Å². The molecule has 0 bridgehead atoms. The normalized spacial score (nSPS) is 28.9. The molecule has 50 heavy (non-hydrogen) atoms. The third kappa shape index (κ3) is 7.68. The van der Waals surface area contributed by atoms with Crippen molar-refractivity contribution in [3.8, 4) is 5.75 Å². The van der Waals surface area contributed by atoms with E-state index in [-0.39, 0.29) is 30.8 Å². The molecule has 2 aliphatic heterocycles. The Balaban J connectivity index is 1.45. The lowest BCUT2D eigenvalue weighted by Crippen LogP contribution is -2.83. The van der Waals surface area contributed by atoms with E-state index >= 15 is 0 Å². The molecule has 3 aromatic carbocycles. The summed E-state index contributed by atoms with van der Waals surface area (Å²) >= 11 is 0. The number of ether oxygens (including phenoxy) is 2. The van der Waals surface area contributed by atoms with Gasteiger partial charge in [0.15, 0.2) is 11.7 Å². The molecule has 1 amide bonds. The van der Waals surface area contributed by atoms with Crippen molar-refractivity contribution in [1.29, 1.82) is 0 Å². The molecule has 2 heterocycles. The molecule has 1 unspecified atom stereocenters. The SMILES string of the molecule is CC1(Oc2ccccc2)O[C@H](C(=O)O)[C@](O)([C@@H]2[C@@H](CC[C@H](O)c3ccc(F)cc3)C(=O)N2c2ccc(CCCNS(C)(=O)=O)cc2)[C@H](O)[C@H]1O. The van der Waals surface area contributed by atoms with Crippen LogP contribution in [-0.4, -0.2) is 94.4 Å². The number of sulfonamides is 1. The van der Waals surface area contributed by atoms with Crippen LogP contribution in [0, 0.1) is 11.7 Å². The van der Waals surface area contributed by atoms with Crippen molar-refractivity contribution < 1.29 is 57.4 Å². The van der Waals surface area contributed by atoms with Crippen LogP contribution in [0.5, 0.6) is 5.75 Å². The average Bonchev–Trinajstić information content (AvgIpc) is 3.07. The first kappa shape index (κ1) is 37.3. The molecule has 6 N–H and O–H groups in total. The summed E-state index contributed by atoms with van der Waals surface area (Å²) in [6.07, 6.45) is -5.65. The molecule has 0 aliphatic carbocycles. The van der Waals surface area contributed by atoms with Crippen LogP contribution in [0.2, 0.25) is 0 Å². The molecule has 5 rings (SSSR count). The quantitative estimate of drug-likeness (QED) is 0.105. The molecule has 8 atom stereocenters. The number of aryl methyl sites for hydroxylation is 1. The summed E-state index contributed by atoms with van der Waals surface area (Å²) in [6, 6.07) is 18.2. The van der Waals surface area contributed by atoms with Crippen LogP contribution < -0.4 is 14.4 Å². The molecule has 13 nitrogen and oxygen atoms in total. The van der Waals surface area contributed by atoms with Crippen LogP contribution in [0.3, 0.4) is 0 Å². The molecule has 0 aromatic heterocycles. The zero-order valence-corrected chi connectivity index (χ0v) is 28.2. The van der Waals surface area contributed by atoms with Gasteiger partial charge in [-0.15, -0.1) is 0 Å². The summed E-state index contributed by atoms with van der Waals surface area (Å²) in [7, 11) is -3.34. The first-order valence-electron chi connectivity index (χ1n) is 16.1. The monoisotopic (exact) mass is 716 g/mol. The number of β-lactam (4-membered cyclic amide) rings is 1. The lowest BCUT2D eigenvalue weighted by Gasteiger charge is -2.60. The van der Waals surface area contributed by atoms with E-state index in [0.717, 1.165) is 16.7 Å². The fraction of sp³-hybridized carbons (Fsp3) is 0.429. The number of carboxylic acids is 1. The van der Waals surface area contributed by atoms with Crippen molar-refractivity contribution in [2.24, 2.45) is 5.92 Å². The highest BCUT2D eigenvalue weighted by Gasteiger charge is 2.71. The second-order valence-corrected chi connectivity index (χ2v) is 14.7. The molecule has 2 aliphatic rings. The first-order valence-corrected chi connectivity index (χ1v) is 18.0. The highest BCUT2D eigenvalue weighted by atomic mass is 32.2. The molecular formula is C35H41FN2O11S. The Bertz CT molecular complexity index is 1760. The number of nitrogens with one attached hydrogen (secondary N) is 1. The summed E-state index contributed by atoms with van der Waals surface area (Å²) < 4.78 is 50.2. The standard InChI is InChI=1S/C35H41FN2O11S/c1-34(48-25-8-4-3-5-9-25)29(40)30(41)35(45,31(49-34)33(43)44)28-26(18-19-27(39)22-12-14-23(36)15-13-22)32(42)38(28)24-16-10-21(11-17-24)7-6-20-37-50(2,46)47/h3-5,8-17,26-31,37,39-41,45H,6-7,18-20H2,1-2H3,(H,43,44)/t26-,27+,28+,29-,30-,31-,34?,35+/m1/s1. The van der Waals surface area contributed by atoms with Gasteiger partial charge in [-0.25, -0.2) is 22.3 Å². The van der Waals surface area contributed by atoms with E-state index in [1.165, 1.54) is 43.3 Å². The number of hydrogen-bond donors (Lipinski definition) is 6.